The maximum Gasteiger partial charge on any atom is 0.0445 e. The summed E-state index contributed by atoms with van der Waals surface area (Å²) in [6, 6.07) is 0.558. The van der Waals surface area contributed by atoms with Crippen LogP contribution in [0.4, 0.5) is 0 Å². The molecule has 0 aliphatic heterocycles. The molecule has 0 bridgehead atoms. The molecule has 0 aromatic rings. The van der Waals surface area contributed by atoms with Gasteiger partial charge in [0.05, 0.1) is 0 Å². The molecule has 1 fully saturated rings. The van der Waals surface area contributed by atoms with E-state index in [0.717, 1.165) is 18.9 Å². The van der Waals surface area contributed by atoms with Gasteiger partial charge in [-0.2, -0.15) is 0 Å². The molecule has 1 atom stereocenters. The monoisotopic (exact) mass is 199 g/mol. The fraction of sp³-hybridized carbons (Fsp3) is 1.00. The summed E-state index contributed by atoms with van der Waals surface area (Å²) in [7, 11) is 0. The first-order valence-electron chi connectivity index (χ1n) is 6.22. The average molecular weight is 199 g/mol. The number of aliphatic hydroxyl groups is 1. The molecule has 1 unspecified atom stereocenters. The van der Waals surface area contributed by atoms with Gasteiger partial charge in [-0.15, -0.1) is 0 Å². The molecule has 1 aliphatic rings. The van der Waals surface area contributed by atoms with Gasteiger partial charge in [0.15, 0.2) is 0 Å². The Morgan fingerprint density at radius 1 is 1.21 bits per heavy atom. The smallest absolute Gasteiger partial charge is 0.0445 e. The maximum absolute atomic E-state index is 9.02. The summed E-state index contributed by atoms with van der Waals surface area (Å²) in [5.74, 6) is 0.810. The second-order valence-electron chi connectivity index (χ2n) is 4.43. The molecule has 0 spiro atoms. The highest BCUT2D eigenvalue weighted by Crippen LogP contribution is 2.26. The van der Waals surface area contributed by atoms with Crippen LogP contribution in [0, 0.1) is 5.92 Å². The topological polar surface area (TPSA) is 32.3 Å². The molecule has 1 rings (SSSR count). The molecule has 0 radical (unpaired) electrons. The third-order valence-electron chi connectivity index (χ3n) is 3.38. The number of aliphatic hydroxyl groups excluding tert-OH is 1. The van der Waals surface area contributed by atoms with Crippen molar-refractivity contribution >= 4 is 0 Å². The molecule has 14 heavy (non-hydrogen) atoms. The fourth-order valence-corrected chi connectivity index (χ4v) is 2.62. The zero-order valence-corrected chi connectivity index (χ0v) is 9.47. The van der Waals surface area contributed by atoms with Crippen LogP contribution < -0.4 is 5.32 Å². The molecule has 2 heteroatoms. The lowest BCUT2D eigenvalue weighted by molar-refractivity contribution is 0.226. The van der Waals surface area contributed by atoms with Crippen LogP contribution in [-0.2, 0) is 0 Å². The van der Waals surface area contributed by atoms with Crippen LogP contribution in [0.25, 0.3) is 0 Å². The normalized spacial score (nSPS) is 21.9. The summed E-state index contributed by atoms with van der Waals surface area (Å²) in [6.45, 7) is 3.51. The van der Waals surface area contributed by atoms with Crippen molar-refractivity contribution in [2.75, 3.05) is 13.2 Å². The van der Waals surface area contributed by atoms with Crippen LogP contribution in [0.1, 0.15) is 51.9 Å². The summed E-state index contributed by atoms with van der Waals surface area (Å²) in [6.07, 6.45) is 9.24. The van der Waals surface area contributed by atoms with E-state index in [9.17, 15) is 0 Å². The first-order valence-corrected chi connectivity index (χ1v) is 6.22. The SMILES string of the molecule is CCNC(CCO)C1CCCCCC1. The second-order valence-corrected chi connectivity index (χ2v) is 4.43. The Balaban J connectivity index is 2.38. The molecular weight excluding hydrogens is 174 g/mol. The summed E-state index contributed by atoms with van der Waals surface area (Å²) in [5.41, 5.74) is 0. The summed E-state index contributed by atoms with van der Waals surface area (Å²) < 4.78 is 0. The van der Waals surface area contributed by atoms with Gasteiger partial charge in [-0.25, -0.2) is 0 Å². The van der Waals surface area contributed by atoms with Gasteiger partial charge in [0, 0.05) is 12.6 Å². The van der Waals surface area contributed by atoms with Crippen LogP contribution in [0.5, 0.6) is 0 Å². The third kappa shape index (κ3) is 3.97. The number of rotatable bonds is 5. The predicted octanol–water partition coefficient (Wildman–Crippen LogP) is 2.32. The quantitative estimate of drug-likeness (QED) is 0.666. The number of nitrogens with one attached hydrogen (secondary N) is 1. The van der Waals surface area contributed by atoms with Crippen LogP contribution >= 0.6 is 0 Å². The van der Waals surface area contributed by atoms with E-state index in [1.54, 1.807) is 0 Å². The standard InChI is InChI=1S/C12H25NO/c1-2-13-12(9-10-14)11-7-5-3-4-6-8-11/h11-14H,2-10H2,1H3. The number of hydrogen-bond acceptors (Lipinski definition) is 2. The minimum atomic E-state index is 0.328. The highest BCUT2D eigenvalue weighted by atomic mass is 16.3. The van der Waals surface area contributed by atoms with E-state index in [0.29, 0.717) is 12.6 Å². The molecular formula is C12H25NO. The van der Waals surface area contributed by atoms with Crippen molar-refractivity contribution in [3.05, 3.63) is 0 Å². The number of hydrogen-bond donors (Lipinski definition) is 2. The molecule has 0 saturated heterocycles. The van der Waals surface area contributed by atoms with E-state index in [1.807, 2.05) is 0 Å². The Morgan fingerprint density at radius 3 is 2.36 bits per heavy atom. The largest absolute Gasteiger partial charge is 0.396 e. The van der Waals surface area contributed by atoms with Gasteiger partial charge in [-0.05, 0) is 31.7 Å². The van der Waals surface area contributed by atoms with Crippen LogP contribution in [0.2, 0.25) is 0 Å². The molecule has 1 saturated carbocycles. The Labute approximate surface area is 88.1 Å². The molecule has 84 valence electrons. The van der Waals surface area contributed by atoms with E-state index in [4.69, 9.17) is 5.11 Å². The van der Waals surface area contributed by atoms with Crippen molar-refractivity contribution in [1.29, 1.82) is 0 Å². The Morgan fingerprint density at radius 2 is 1.86 bits per heavy atom. The van der Waals surface area contributed by atoms with Crippen molar-refractivity contribution in [3.63, 3.8) is 0 Å². The Hall–Kier alpha value is -0.0800. The highest BCUT2D eigenvalue weighted by molar-refractivity contribution is 4.77. The lowest BCUT2D eigenvalue weighted by Crippen LogP contribution is -2.36. The van der Waals surface area contributed by atoms with E-state index in [2.05, 4.69) is 12.2 Å². The lowest BCUT2D eigenvalue weighted by atomic mass is 9.90. The summed E-state index contributed by atoms with van der Waals surface area (Å²) in [4.78, 5) is 0. The predicted molar refractivity (Wildman–Crippen MR) is 60.4 cm³/mol. The van der Waals surface area contributed by atoms with Gasteiger partial charge in [-0.3, -0.25) is 0 Å². The van der Waals surface area contributed by atoms with Crippen molar-refractivity contribution in [2.45, 2.75) is 57.9 Å². The van der Waals surface area contributed by atoms with Crippen LogP contribution in [0.15, 0.2) is 0 Å². The van der Waals surface area contributed by atoms with Crippen LogP contribution in [0.3, 0.4) is 0 Å². The lowest BCUT2D eigenvalue weighted by Gasteiger charge is -2.26. The van der Waals surface area contributed by atoms with Gasteiger partial charge in [0.1, 0.15) is 0 Å². The minimum Gasteiger partial charge on any atom is -0.396 e. The summed E-state index contributed by atoms with van der Waals surface area (Å²) >= 11 is 0. The van der Waals surface area contributed by atoms with Crippen molar-refractivity contribution in [1.82, 2.24) is 5.32 Å². The second kappa shape index (κ2) is 7.24. The van der Waals surface area contributed by atoms with E-state index < -0.39 is 0 Å². The van der Waals surface area contributed by atoms with Crippen molar-refractivity contribution < 1.29 is 5.11 Å². The Kier molecular flexibility index (Phi) is 6.20. The van der Waals surface area contributed by atoms with E-state index in [1.165, 1.54) is 38.5 Å². The minimum absolute atomic E-state index is 0.328. The molecule has 0 amide bonds. The molecule has 0 heterocycles. The van der Waals surface area contributed by atoms with Crippen molar-refractivity contribution in [2.24, 2.45) is 5.92 Å². The molecule has 1 aliphatic carbocycles. The van der Waals surface area contributed by atoms with Gasteiger partial charge in [0.25, 0.3) is 0 Å². The molecule has 0 aromatic heterocycles. The first-order chi connectivity index (χ1) is 6.88. The van der Waals surface area contributed by atoms with Crippen molar-refractivity contribution in [3.8, 4) is 0 Å². The molecule has 2 nitrogen and oxygen atoms in total. The Bertz CT molecular complexity index is 124. The van der Waals surface area contributed by atoms with E-state index in [-0.39, 0.29) is 0 Å². The average Bonchev–Trinajstić information content (AvgIpc) is 2.45. The van der Waals surface area contributed by atoms with Gasteiger partial charge in [0.2, 0.25) is 0 Å². The van der Waals surface area contributed by atoms with E-state index >= 15 is 0 Å². The van der Waals surface area contributed by atoms with Gasteiger partial charge < -0.3 is 10.4 Å². The van der Waals surface area contributed by atoms with Gasteiger partial charge in [-0.1, -0.05) is 32.6 Å². The zero-order valence-electron chi connectivity index (χ0n) is 9.47. The fourth-order valence-electron chi connectivity index (χ4n) is 2.62. The zero-order chi connectivity index (χ0) is 10.2. The molecule has 0 aromatic carbocycles. The van der Waals surface area contributed by atoms with Crippen LogP contribution in [-0.4, -0.2) is 24.3 Å². The first kappa shape index (κ1) is 12.0. The maximum atomic E-state index is 9.02. The van der Waals surface area contributed by atoms with Gasteiger partial charge >= 0.3 is 0 Å². The highest BCUT2D eigenvalue weighted by Gasteiger charge is 2.21. The third-order valence-corrected chi connectivity index (χ3v) is 3.38. The summed E-state index contributed by atoms with van der Waals surface area (Å²) in [5, 5.41) is 12.5. The molecule has 2 N–H and O–H groups in total.